The second-order valence-electron chi connectivity index (χ2n) is 11.3. The molecule has 2 bridgehead atoms. The Balaban J connectivity index is 1.48. The lowest BCUT2D eigenvalue weighted by Gasteiger charge is -2.51. The third-order valence-corrected chi connectivity index (χ3v) is 9.31. The van der Waals surface area contributed by atoms with Crippen LogP contribution in [0, 0.1) is 12.3 Å². The monoisotopic (exact) mass is 659 g/mol. The summed E-state index contributed by atoms with van der Waals surface area (Å²) in [7, 11) is 0. The van der Waals surface area contributed by atoms with Crippen LogP contribution >= 0.6 is 15.9 Å². The fourth-order valence-electron chi connectivity index (χ4n) is 6.63. The first-order valence-corrected chi connectivity index (χ1v) is 14.8. The van der Waals surface area contributed by atoms with Gasteiger partial charge in [-0.05, 0) is 62.4 Å². The number of aliphatic carboxylic acids is 1. The number of halogens is 4. The number of nitrogens with one attached hydrogen (secondary N) is 1. The van der Waals surface area contributed by atoms with E-state index in [9.17, 15) is 27.9 Å². The number of anilines is 1. The van der Waals surface area contributed by atoms with E-state index in [-0.39, 0.29) is 31.2 Å². The Hall–Kier alpha value is -3.64. The van der Waals surface area contributed by atoms with Gasteiger partial charge in [-0.1, -0.05) is 40.2 Å². The van der Waals surface area contributed by atoms with Gasteiger partial charge < -0.3 is 24.8 Å². The van der Waals surface area contributed by atoms with Crippen LogP contribution in [-0.2, 0) is 9.53 Å². The SMILES string of the molecule is Cc1c(N2CCOCC2)nc2ccc(Br)cc2c1C(=O)NC12CCC(C(=O)O)(C=C1c1ccccc1OC(F)(F)F)CC2. The maximum Gasteiger partial charge on any atom is 0.573 e. The Kier molecular flexibility index (Phi) is 7.40. The molecule has 3 aliphatic carbocycles. The minimum Gasteiger partial charge on any atom is -0.481 e. The zero-order valence-electron chi connectivity index (χ0n) is 23.3. The van der Waals surface area contributed by atoms with E-state index in [1.165, 1.54) is 24.3 Å². The maximum absolute atomic E-state index is 14.4. The number of carbonyl (C=O) groups is 2. The molecule has 3 aromatic rings. The molecule has 226 valence electrons. The van der Waals surface area contributed by atoms with Gasteiger partial charge in [0.15, 0.2) is 0 Å². The number of hydrogen-bond acceptors (Lipinski definition) is 6. The average Bonchev–Trinajstić information content (AvgIpc) is 2.97. The molecule has 2 fully saturated rings. The summed E-state index contributed by atoms with van der Waals surface area (Å²) >= 11 is 3.50. The summed E-state index contributed by atoms with van der Waals surface area (Å²) in [4.78, 5) is 33.8. The summed E-state index contributed by atoms with van der Waals surface area (Å²) in [5.74, 6) is -1.25. The van der Waals surface area contributed by atoms with Crippen LogP contribution in [-0.4, -0.2) is 60.2 Å². The maximum atomic E-state index is 14.4. The molecule has 0 unspecified atom stereocenters. The molecule has 12 heteroatoms. The van der Waals surface area contributed by atoms with Crippen molar-refractivity contribution >= 4 is 50.1 Å². The molecule has 1 saturated carbocycles. The molecule has 1 amide bonds. The summed E-state index contributed by atoms with van der Waals surface area (Å²) in [6.45, 7) is 4.12. The lowest BCUT2D eigenvalue weighted by Crippen LogP contribution is -2.57. The van der Waals surface area contributed by atoms with Gasteiger partial charge in [0.05, 0.1) is 35.2 Å². The van der Waals surface area contributed by atoms with E-state index >= 15 is 0 Å². The number of hydrogen-bond donors (Lipinski definition) is 2. The molecule has 0 spiro atoms. The normalized spacial score (nSPS) is 23.7. The number of aromatic nitrogens is 1. The summed E-state index contributed by atoms with van der Waals surface area (Å²) in [6.07, 6.45) is -2.50. The van der Waals surface area contributed by atoms with E-state index < -0.39 is 34.9 Å². The fraction of sp³-hybridized carbons (Fsp3) is 0.387. The van der Waals surface area contributed by atoms with Crippen LogP contribution in [0.2, 0.25) is 0 Å². The number of carbonyl (C=O) groups excluding carboxylic acids is 1. The first-order chi connectivity index (χ1) is 20.4. The number of carboxylic acids is 1. The van der Waals surface area contributed by atoms with Crippen molar-refractivity contribution in [3.8, 4) is 5.75 Å². The molecule has 43 heavy (non-hydrogen) atoms. The van der Waals surface area contributed by atoms with Crippen molar-refractivity contribution in [3.05, 3.63) is 69.7 Å². The number of carboxylic acid groups (broad SMARTS) is 1. The van der Waals surface area contributed by atoms with Crippen molar-refractivity contribution in [1.29, 1.82) is 0 Å². The van der Waals surface area contributed by atoms with Crippen LogP contribution < -0.4 is 15.0 Å². The molecule has 4 aliphatic rings. The van der Waals surface area contributed by atoms with E-state index in [1.54, 1.807) is 6.07 Å². The first kappa shape index (κ1) is 29.4. The number of rotatable bonds is 6. The van der Waals surface area contributed by atoms with E-state index in [4.69, 9.17) is 9.72 Å². The third kappa shape index (κ3) is 5.35. The van der Waals surface area contributed by atoms with Gasteiger partial charge >= 0.3 is 12.3 Å². The number of ether oxygens (including phenoxy) is 2. The molecule has 8 nitrogen and oxygen atoms in total. The molecule has 2 N–H and O–H groups in total. The van der Waals surface area contributed by atoms with Crippen molar-refractivity contribution in [2.24, 2.45) is 5.41 Å². The number of alkyl halides is 3. The standard InChI is InChI=1S/C31H29BrF3N3O5/c1-18-25(21-16-19(32)6-7-23(21)36-26(18)38-12-14-42-15-13-38)27(39)37-30-10-8-29(9-11-30,28(40)41)17-22(30)20-4-2-3-5-24(20)43-31(33,34)35/h2-7,16-17H,8-15H2,1H3,(H,37,39)(H,40,41). The smallest absolute Gasteiger partial charge is 0.481 e. The molecule has 2 aromatic carbocycles. The predicted molar refractivity (Wildman–Crippen MR) is 157 cm³/mol. The average molecular weight is 660 g/mol. The van der Waals surface area contributed by atoms with Gasteiger partial charge in [-0.15, -0.1) is 13.2 Å². The van der Waals surface area contributed by atoms with Crippen LogP contribution in [0.1, 0.15) is 47.2 Å². The Morgan fingerprint density at radius 1 is 1.09 bits per heavy atom. The highest BCUT2D eigenvalue weighted by atomic mass is 79.9. The highest BCUT2D eigenvalue weighted by Crippen LogP contribution is 2.56. The van der Waals surface area contributed by atoms with Gasteiger partial charge in [0.1, 0.15) is 11.6 Å². The van der Waals surface area contributed by atoms with Crippen molar-refractivity contribution < 1.29 is 37.3 Å². The topological polar surface area (TPSA) is 101 Å². The van der Waals surface area contributed by atoms with Gasteiger partial charge in [0.25, 0.3) is 5.91 Å². The minimum atomic E-state index is -4.96. The number of pyridine rings is 1. The van der Waals surface area contributed by atoms with Gasteiger partial charge in [-0.25, -0.2) is 4.98 Å². The molecule has 7 rings (SSSR count). The quantitative estimate of drug-likeness (QED) is 0.323. The minimum absolute atomic E-state index is 0.0956. The van der Waals surface area contributed by atoms with Crippen LogP contribution in [0.5, 0.6) is 5.75 Å². The molecular weight excluding hydrogens is 631 g/mol. The highest BCUT2D eigenvalue weighted by Gasteiger charge is 2.54. The number of fused-ring (bicyclic) bond motifs is 3. The van der Waals surface area contributed by atoms with Crippen LogP contribution in [0.25, 0.3) is 16.5 Å². The number of nitrogens with zero attached hydrogens (tertiary/aromatic N) is 2. The lowest BCUT2D eigenvalue weighted by atomic mass is 9.57. The fourth-order valence-corrected chi connectivity index (χ4v) is 6.99. The van der Waals surface area contributed by atoms with Crippen molar-refractivity contribution in [2.75, 3.05) is 31.2 Å². The number of amides is 1. The summed E-state index contributed by atoms with van der Waals surface area (Å²) < 4.78 is 50.8. The van der Waals surface area contributed by atoms with E-state index in [1.807, 2.05) is 25.1 Å². The molecule has 1 aliphatic heterocycles. The van der Waals surface area contributed by atoms with E-state index in [2.05, 4.69) is 30.9 Å². The molecule has 1 saturated heterocycles. The number of benzene rings is 2. The number of morpholine rings is 1. The largest absolute Gasteiger partial charge is 0.573 e. The second-order valence-corrected chi connectivity index (χ2v) is 12.2. The van der Waals surface area contributed by atoms with Crippen molar-refractivity contribution in [3.63, 3.8) is 0 Å². The van der Waals surface area contributed by atoms with E-state index in [0.29, 0.717) is 59.7 Å². The third-order valence-electron chi connectivity index (χ3n) is 8.82. The van der Waals surface area contributed by atoms with Crippen molar-refractivity contribution in [1.82, 2.24) is 10.3 Å². The zero-order valence-corrected chi connectivity index (χ0v) is 24.8. The molecule has 2 heterocycles. The Bertz CT molecular complexity index is 1640. The highest BCUT2D eigenvalue weighted by molar-refractivity contribution is 9.10. The first-order valence-electron chi connectivity index (χ1n) is 14.0. The van der Waals surface area contributed by atoms with Crippen LogP contribution in [0.4, 0.5) is 19.0 Å². The summed E-state index contributed by atoms with van der Waals surface area (Å²) in [5.41, 5.74) is -0.270. The molecule has 1 aromatic heterocycles. The zero-order chi connectivity index (χ0) is 30.6. The lowest BCUT2D eigenvalue weighted by molar-refractivity contribution is -0.274. The Morgan fingerprint density at radius 2 is 1.79 bits per heavy atom. The van der Waals surface area contributed by atoms with Gasteiger partial charge in [0, 0.05) is 34.1 Å². The van der Waals surface area contributed by atoms with Crippen molar-refractivity contribution in [2.45, 2.75) is 44.5 Å². The van der Waals surface area contributed by atoms with E-state index in [0.717, 1.165) is 4.47 Å². The number of para-hydroxylation sites is 1. The van der Waals surface area contributed by atoms with Crippen LogP contribution in [0.15, 0.2) is 53.0 Å². The molecule has 0 radical (unpaired) electrons. The Labute approximate surface area is 254 Å². The predicted octanol–water partition coefficient (Wildman–Crippen LogP) is 6.25. The molecular formula is C31H29BrF3N3O5. The van der Waals surface area contributed by atoms with Crippen LogP contribution in [0.3, 0.4) is 0 Å². The second kappa shape index (κ2) is 10.8. The van der Waals surface area contributed by atoms with Gasteiger partial charge in [-0.2, -0.15) is 0 Å². The Morgan fingerprint density at radius 3 is 2.47 bits per heavy atom. The summed E-state index contributed by atoms with van der Waals surface area (Å²) in [5, 5.41) is 14.0. The van der Waals surface area contributed by atoms with Gasteiger partial charge in [-0.3, -0.25) is 9.59 Å². The summed E-state index contributed by atoms with van der Waals surface area (Å²) in [6, 6.07) is 11.2. The molecule has 0 atom stereocenters. The van der Waals surface area contributed by atoms with Gasteiger partial charge in [0.2, 0.25) is 0 Å².